The zero-order chi connectivity index (χ0) is 20.6. The zero-order valence-electron chi connectivity index (χ0n) is 17.1. The zero-order valence-corrected chi connectivity index (χ0v) is 17.1. The molecule has 1 aliphatic heterocycles. The second-order valence-corrected chi connectivity index (χ2v) is 7.14. The summed E-state index contributed by atoms with van der Waals surface area (Å²) in [5.41, 5.74) is 12.1. The number of hydrogen-bond acceptors (Lipinski definition) is 5. The van der Waals surface area contributed by atoms with Crippen molar-refractivity contribution in [3.8, 4) is 5.75 Å². The van der Waals surface area contributed by atoms with E-state index in [1.165, 1.54) is 0 Å². The third kappa shape index (κ3) is 5.53. The molecule has 29 heavy (non-hydrogen) atoms. The Morgan fingerprint density at radius 2 is 1.86 bits per heavy atom. The largest absolute Gasteiger partial charge is 0.494 e. The summed E-state index contributed by atoms with van der Waals surface area (Å²) in [6.07, 6.45) is 3.66. The Hall–Kier alpha value is -2.96. The molecule has 1 amide bonds. The second-order valence-electron chi connectivity index (χ2n) is 7.14. The number of nitrogens with one attached hydrogen (secondary N) is 3. The summed E-state index contributed by atoms with van der Waals surface area (Å²) in [7, 11) is 0. The van der Waals surface area contributed by atoms with Crippen LogP contribution < -0.4 is 21.0 Å². The van der Waals surface area contributed by atoms with Gasteiger partial charge in [0, 0.05) is 5.92 Å². The molecule has 0 radical (unpaired) electrons. The van der Waals surface area contributed by atoms with Gasteiger partial charge in [0.1, 0.15) is 11.8 Å². The summed E-state index contributed by atoms with van der Waals surface area (Å²) in [6, 6.07) is 17.6. The molecule has 0 aliphatic carbocycles. The smallest absolute Gasteiger partial charge is 0.258 e. The van der Waals surface area contributed by atoms with Gasteiger partial charge in [-0.1, -0.05) is 55.5 Å². The van der Waals surface area contributed by atoms with Gasteiger partial charge < -0.3 is 4.74 Å². The van der Waals surface area contributed by atoms with Crippen LogP contribution in [0.3, 0.4) is 0 Å². The number of hydrazine groups is 1. The molecule has 3 rings (SSSR count). The third-order valence-corrected chi connectivity index (χ3v) is 4.92. The first-order valence-electron chi connectivity index (χ1n) is 9.88. The fourth-order valence-electron chi connectivity index (χ4n) is 3.38. The lowest BCUT2D eigenvalue weighted by Crippen LogP contribution is -2.43. The van der Waals surface area contributed by atoms with Crippen LogP contribution >= 0.6 is 0 Å². The van der Waals surface area contributed by atoms with Crippen LogP contribution in [0.4, 0.5) is 0 Å². The number of ether oxygens (including phenoxy) is 1. The summed E-state index contributed by atoms with van der Waals surface area (Å²) < 4.78 is 5.49. The Labute approximate surface area is 172 Å². The Kier molecular flexibility index (Phi) is 7.16. The van der Waals surface area contributed by atoms with Crippen molar-refractivity contribution >= 4 is 18.2 Å². The number of allylic oxidation sites excluding steroid dienone is 1. The van der Waals surface area contributed by atoms with E-state index >= 15 is 0 Å². The van der Waals surface area contributed by atoms with Crippen LogP contribution in [0.25, 0.3) is 6.08 Å². The molecule has 3 unspecified atom stereocenters. The average molecular weight is 393 g/mol. The van der Waals surface area contributed by atoms with E-state index in [0.717, 1.165) is 22.4 Å². The van der Waals surface area contributed by atoms with Gasteiger partial charge in [0.15, 0.2) is 0 Å². The van der Waals surface area contributed by atoms with Gasteiger partial charge in [-0.25, -0.2) is 16.3 Å². The van der Waals surface area contributed by atoms with E-state index < -0.39 is 0 Å². The fourth-order valence-corrected chi connectivity index (χ4v) is 3.38. The van der Waals surface area contributed by atoms with Crippen LogP contribution in [0.1, 0.15) is 37.9 Å². The lowest BCUT2D eigenvalue weighted by molar-refractivity contribution is -0.123. The second kappa shape index (κ2) is 10.0. The highest BCUT2D eigenvalue weighted by molar-refractivity contribution is 5.87. The summed E-state index contributed by atoms with van der Waals surface area (Å²) in [5, 5.41) is 4.10. The van der Waals surface area contributed by atoms with Crippen molar-refractivity contribution in [1.82, 2.24) is 16.3 Å². The number of carbonyl (C=O) groups excluding carboxylic acids is 1. The van der Waals surface area contributed by atoms with E-state index in [1.54, 1.807) is 6.21 Å². The molecular weight excluding hydrogens is 364 g/mol. The minimum Gasteiger partial charge on any atom is -0.494 e. The highest BCUT2D eigenvalue weighted by Gasteiger charge is 2.37. The first-order chi connectivity index (χ1) is 14.1. The molecule has 3 N–H and O–H groups in total. The van der Waals surface area contributed by atoms with Crippen LogP contribution in [-0.4, -0.2) is 24.8 Å². The lowest BCUT2D eigenvalue weighted by Gasteiger charge is -2.18. The SMILES string of the molecule is CCOc1ccc(C2NNC(C(=O)N/N=C/C(C)=C/c3ccccc3)C2C)cc1. The molecule has 0 spiro atoms. The molecule has 0 saturated carbocycles. The molecule has 0 bridgehead atoms. The topological polar surface area (TPSA) is 74.8 Å². The van der Waals surface area contributed by atoms with Crippen molar-refractivity contribution in [3.63, 3.8) is 0 Å². The molecule has 152 valence electrons. The van der Waals surface area contributed by atoms with Gasteiger partial charge in [-0.3, -0.25) is 4.79 Å². The average Bonchev–Trinajstić information content (AvgIpc) is 3.11. The lowest BCUT2D eigenvalue weighted by atomic mass is 9.91. The van der Waals surface area contributed by atoms with Gasteiger partial charge in [-0.2, -0.15) is 5.10 Å². The summed E-state index contributed by atoms with van der Waals surface area (Å²) in [5.74, 6) is 0.740. The van der Waals surface area contributed by atoms with E-state index in [-0.39, 0.29) is 23.9 Å². The third-order valence-electron chi connectivity index (χ3n) is 4.92. The van der Waals surface area contributed by atoms with Crippen molar-refractivity contribution in [2.24, 2.45) is 11.0 Å². The minimum absolute atomic E-state index is 0.0325. The van der Waals surface area contributed by atoms with Gasteiger partial charge >= 0.3 is 0 Å². The number of benzene rings is 2. The fraction of sp³-hybridized carbons (Fsp3) is 0.304. The Morgan fingerprint density at radius 1 is 1.14 bits per heavy atom. The number of nitrogens with zero attached hydrogens (tertiary/aromatic N) is 1. The molecule has 6 nitrogen and oxygen atoms in total. The minimum atomic E-state index is -0.373. The van der Waals surface area contributed by atoms with Crippen molar-refractivity contribution in [1.29, 1.82) is 0 Å². The molecule has 0 aromatic heterocycles. The van der Waals surface area contributed by atoms with Crippen LogP contribution in [0.5, 0.6) is 5.75 Å². The number of hydrogen-bond donors (Lipinski definition) is 3. The Balaban J connectivity index is 1.55. The monoisotopic (exact) mass is 392 g/mol. The van der Waals surface area contributed by atoms with E-state index in [0.29, 0.717) is 6.61 Å². The Bertz CT molecular complexity index is 862. The maximum absolute atomic E-state index is 12.5. The van der Waals surface area contributed by atoms with Crippen LogP contribution in [-0.2, 0) is 4.79 Å². The summed E-state index contributed by atoms with van der Waals surface area (Å²) in [4.78, 5) is 12.5. The quantitative estimate of drug-likeness (QED) is 0.498. The van der Waals surface area contributed by atoms with Crippen molar-refractivity contribution < 1.29 is 9.53 Å². The predicted octanol–water partition coefficient (Wildman–Crippen LogP) is 3.44. The number of amides is 1. The first kappa shape index (κ1) is 20.8. The normalized spacial score (nSPS) is 22.0. The molecule has 2 aromatic carbocycles. The standard InChI is InChI=1S/C23H28N4O2/c1-4-29-20-12-10-19(11-13-20)21-17(3)22(26-25-21)23(28)27-24-15-16(2)14-18-8-6-5-7-9-18/h5-15,17,21-22,25-26H,4H2,1-3H3,(H,27,28)/b16-14+,24-15+. The van der Waals surface area contributed by atoms with Gasteiger partial charge in [0.25, 0.3) is 5.91 Å². The predicted molar refractivity (Wildman–Crippen MR) is 116 cm³/mol. The number of carbonyl (C=O) groups is 1. The molecule has 2 aromatic rings. The molecule has 1 fully saturated rings. The van der Waals surface area contributed by atoms with Gasteiger partial charge in [-0.15, -0.1) is 0 Å². The summed E-state index contributed by atoms with van der Waals surface area (Å²) >= 11 is 0. The maximum atomic E-state index is 12.5. The highest BCUT2D eigenvalue weighted by atomic mass is 16.5. The van der Waals surface area contributed by atoms with Crippen molar-refractivity contribution in [3.05, 3.63) is 71.3 Å². The van der Waals surface area contributed by atoms with Crippen molar-refractivity contribution in [2.45, 2.75) is 32.9 Å². The highest BCUT2D eigenvalue weighted by Crippen LogP contribution is 2.29. The van der Waals surface area contributed by atoms with E-state index in [4.69, 9.17) is 4.74 Å². The van der Waals surface area contributed by atoms with E-state index in [9.17, 15) is 4.79 Å². The van der Waals surface area contributed by atoms with Crippen LogP contribution in [0, 0.1) is 5.92 Å². The molecule has 1 heterocycles. The number of rotatable bonds is 7. The van der Waals surface area contributed by atoms with Gasteiger partial charge in [-0.05, 0) is 42.7 Å². The molecular formula is C23H28N4O2. The molecule has 6 heteroatoms. The first-order valence-corrected chi connectivity index (χ1v) is 9.88. The van der Waals surface area contributed by atoms with Crippen molar-refractivity contribution in [2.75, 3.05) is 6.61 Å². The van der Waals surface area contributed by atoms with Gasteiger partial charge in [0.2, 0.25) is 0 Å². The van der Waals surface area contributed by atoms with Crippen LogP contribution in [0.15, 0.2) is 65.3 Å². The van der Waals surface area contributed by atoms with Gasteiger partial charge in [0.05, 0.1) is 18.9 Å². The maximum Gasteiger partial charge on any atom is 0.258 e. The molecule has 3 atom stereocenters. The van der Waals surface area contributed by atoms with Crippen LogP contribution in [0.2, 0.25) is 0 Å². The Morgan fingerprint density at radius 3 is 2.55 bits per heavy atom. The van der Waals surface area contributed by atoms with E-state index in [1.807, 2.05) is 81.4 Å². The molecule has 1 saturated heterocycles. The summed E-state index contributed by atoms with van der Waals surface area (Å²) in [6.45, 7) is 6.59. The molecule has 1 aliphatic rings. The number of hydrazone groups is 1. The van der Waals surface area contributed by atoms with E-state index in [2.05, 4.69) is 21.4 Å².